The van der Waals surface area contributed by atoms with Gasteiger partial charge in [-0.15, -0.1) is 0 Å². The molecular weight excluding hydrogens is 342 g/mol. The van der Waals surface area contributed by atoms with Crippen LogP contribution in [-0.2, 0) is 6.42 Å². The molecule has 0 bridgehead atoms. The fourth-order valence-electron chi connectivity index (χ4n) is 2.70. The Morgan fingerprint density at radius 3 is 2.44 bits per heavy atom. The van der Waals surface area contributed by atoms with Crippen molar-refractivity contribution in [3.05, 3.63) is 81.7 Å². The van der Waals surface area contributed by atoms with Crippen molar-refractivity contribution in [1.29, 1.82) is 0 Å². The number of nitrogens with one attached hydrogen (secondary N) is 2. The smallest absolute Gasteiger partial charge is 0.353 e. The second-order valence-corrected chi connectivity index (χ2v) is 6.26. The molecule has 0 fully saturated rings. The number of benzene rings is 2. The van der Waals surface area contributed by atoms with Crippen LogP contribution in [0.4, 0.5) is 23.0 Å². The first-order valence-electron chi connectivity index (χ1n) is 8.66. The second-order valence-electron chi connectivity index (χ2n) is 6.26. The first-order chi connectivity index (χ1) is 13.0. The van der Waals surface area contributed by atoms with Crippen LogP contribution in [0.15, 0.2) is 54.9 Å². The number of hydrogen-bond acceptors (Lipinski definition) is 6. The van der Waals surface area contributed by atoms with Crippen molar-refractivity contribution in [1.82, 2.24) is 9.97 Å². The average Bonchev–Trinajstić information content (AvgIpc) is 2.65. The third-order valence-corrected chi connectivity index (χ3v) is 4.32. The summed E-state index contributed by atoms with van der Waals surface area (Å²) in [7, 11) is 0. The van der Waals surface area contributed by atoms with Crippen molar-refractivity contribution in [3.8, 4) is 0 Å². The van der Waals surface area contributed by atoms with E-state index in [1.807, 2.05) is 62.4 Å². The van der Waals surface area contributed by atoms with Crippen molar-refractivity contribution in [3.63, 3.8) is 0 Å². The summed E-state index contributed by atoms with van der Waals surface area (Å²) in [5.41, 5.74) is 3.98. The van der Waals surface area contributed by atoms with E-state index in [-0.39, 0.29) is 17.3 Å². The fourth-order valence-corrected chi connectivity index (χ4v) is 2.70. The molecule has 1 heterocycles. The molecule has 0 aliphatic carbocycles. The van der Waals surface area contributed by atoms with Crippen LogP contribution in [0.2, 0.25) is 0 Å². The molecule has 2 aromatic carbocycles. The van der Waals surface area contributed by atoms with Crippen LogP contribution in [0.1, 0.15) is 16.7 Å². The van der Waals surface area contributed by atoms with Gasteiger partial charge in [-0.25, -0.2) is 9.97 Å². The van der Waals surface area contributed by atoms with Gasteiger partial charge in [-0.2, -0.15) is 0 Å². The molecule has 3 rings (SSSR count). The van der Waals surface area contributed by atoms with E-state index in [4.69, 9.17) is 0 Å². The highest BCUT2D eigenvalue weighted by molar-refractivity contribution is 5.74. The Morgan fingerprint density at radius 1 is 1.00 bits per heavy atom. The molecule has 0 spiro atoms. The molecule has 0 amide bonds. The van der Waals surface area contributed by atoms with Gasteiger partial charge in [0.1, 0.15) is 6.33 Å². The zero-order valence-electron chi connectivity index (χ0n) is 15.3. The summed E-state index contributed by atoms with van der Waals surface area (Å²) in [6.07, 6.45) is 2.06. The number of hydrogen-bond donors (Lipinski definition) is 2. The van der Waals surface area contributed by atoms with Crippen LogP contribution < -0.4 is 10.6 Å². The lowest BCUT2D eigenvalue weighted by Gasteiger charge is -2.11. The Morgan fingerprint density at radius 2 is 1.74 bits per heavy atom. The Kier molecular flexibility index (Phi) is 5.61. The molecular formula is C20H21N5O2. The van der Waals surface area contributed by atoms with E-state index in [0.717, 1.165) is 28.8 Å². The van der Waals surface area contributed by atoms with Gasteiger partial charge in [0.2, 0.25) is 11.6 Å². The lowest BCUT2D eigenvalue weighted by Crippen LogP contribution is -2.10. The summed E-state index contributed by atoms with van der Waals surface area (Å²) in [5, 5.41) is 17.7. The summed E-state index contributed by atoms with van der Waals surface area (Å²) in [5.74, 6) is 0.373. The first-order valence-corrected chi connectivity index (χ1v) is 8.66. The maximum absolute atomic E-state index is 11.6. The topological polar surface area (TPSA) is 93.0 Å². The molecule has 0 saturated carbocycles. The van der Waals surface area contributed by atoms with Crippen LogP contribution in [0, 0.1) is 24.0 Å². The normalized spacial score (nSPS) is 10.4. The lowest BCUT2D eigenvalue weighted by molar-refractivity contribution is -0.383. The van der Waals surface area contributed by atoms with E-state index >= 15 is 0 Å². The molecule has 7 nitrogen and oxygen atoms in total. The number of rotatable bonds is 7. The van der Waals surface area contributed by atoms with Gasteiger partial charge in [-0.3, -0.25) is 10.1 Å². The van der Waals surface area contributed by atoms with Gasteiger partial charge in [0, 0.05) is 12.2 Å². The number of nitro groups is 1. The summed E-state index contributed by atoms with van der Waals surface area (Å²) < 4.78 is 0. The Bertz CT molecular complexity index is 944. The molecule has 0 atom stereocenters. The van der Waals surface area contributed by atoms with Gasteiger partial charge in [0.25, 0.3) is 0 Å². The lowest BCUT2D eigenvalue weighted by atomic mass is 10.1. The SMILES string of the molecule is Cc1ccc(Nc2ncnc(NCCc3ccccc3)c2[N+](=O)[O-])cc1C. The molecule has 27 heavy (non-hydrogen) atoms. The highest BCUT2D eigenvalue weighted by Gasteiger charge is 2.23. The third kappa shape index (κ3) is 4.58. The standard InChI is InChI=1S/C20H21N5O2/c1-14-8-9-17(12-15(14)2)24-20-18(25(26)27)19(22-13-23-20)21-11-10-16-6-4-3-5-7-16/h3-9,12-13H,10-11H2,1-2H3,(H2,21,22,23,24). The summed E-state index contributed by atoms with van der Waals surface area (Å²) in [4.78, 5) is 19.3. The van der Waals surface area contributed by atoms with Crippen LogP contribution in [0.5, 0.6) is 0 Å². The second kappa shape index (κ2) is 8.27. The van der Waals surface area contributed by atoms with Gasteiger partial charge < -0.3 is 10.6 Å². The Labute approximate surface area is 157 Å². The van der Waals surface area contributed by atoms with Gasteiger partial charge in [-0.1, -0.05) is 36.4 Å². The van der Waals surface area contributed by atoms with Crippen molar-refractivity contribution in [2.75, 3.05) is 17.2 Å². The minimum atomic E-state index is -0.464. The van der Waals surface area contributed by atoms with E-state index in [1.165, 1.54) is 6.33 Å². The van der Waals surface area contributed by atoms with E-state index in [9.17, 15) is 10.1 Å². The number of aryl methyl sites for hydroxylation is 2. The maximum Gasteiger partial charge on any atom is 0.353 e. The van der Waals surface area contributed by atoms with Gasteiger partial charge in [-0.05, 0) is 49.1 Å². The zero-order chi connectivity index (χ0) is 19.2. The van der Waals surface area contributed by atoms with Crippen LogP contribution in [-0.4, -0.2) is 21.4 Å². The van der Waals surface area contributed by atoms with Crippen molar-refractivity contribution < 1.29 is 4.92 Å². The Balaban J connectivity index is 1.79. The summed E-state index contributed by atoms with van der Waals surface area (Å²) in [6.45, 7) is 4.54. The molecule has 7 heteroatoms. The van der Waals surface area contributed by atoms with Crippen LogP contribution >= 0.6 is 0 Å². The molecule has 0 radical (unpaired) electrons. The van der Waals surface area contributed by atoms with E-state index < -0.39 is 4.92 Å². The number of nitrogens with zero attached hydrogens (tertiary/aromatic N) is 3. The van der Waals surface area contributed by atoms with Crippen molar-refractivity contribution in [2.24, 2.45) is 0 Å². The zero-order valence-corrected chi connectivity index (χ0v) is 15.3. The third-order valence-electron chi connectivity index (χ3n) is 4.32. The van der Waals surface area contributed by atoms with E-state index in [1.54, 1.807) is 0 Å². The average molecular weight is 363 g/mol. The highest BCUT2D eigenvalue weighted by Crippen LogP contribution is 2.31. The summed E-state index contributed by atoms with van der Waals surface area (Å²) >= 11 is 0. The molecule has 0 saturated heterocycles. The summed E-state index contributed by atoms with van der Waals surface area (Å²) in [6, 6.07) is 15.7. The molecule has 138 valence electrons. The van der Waals surface area contributed by atoms with Crippen LogP contribution in [0.25, 0.3) is 0 Å². The predicted molar refractivity (Wildman–Crippen MR) is 107 cm³/mol. The molecule has 3 aromatic rings. The molecule has 0 aliphatic rings. The van der Waals surface area contributed by atoms with Crippen molar-refractivity contribution >= 4 is 23.0 Å². The minimum Gasteiger partial charge on any atom is -0.364 e. The van der Waals surface area contributed by atoms with E-state index in [0.29, 0.717) is 6.54 Å². The van der Waals surface area contributed by atoms with Gasteiger partial charge in [0.05, 0.1) is 4.92 Å². The van der Waals surface area contributed by atoms with Crippen LogP contribution in [0.3, 0.4) is 0 Å². The largest absolute Gasteiger partial charge is 0.364 e. The highest BCUT2D eigenvalue weighted by atomic mass is 16.6. The number of anilines is 3. The quantitative estimate of drug-likeness (QED) is 0.477. The number of aromatic nitrogens is 2. The molecule has 0 aliphatic heterocycles. The van der Waals surface area contributed by atoms with Crippen molar-refractivity contribution in [2.45, 2.75) is 20.3 Å². The Hall–Kier alpha value is -3.48. The predicted octanol–water partition coefficient (Wildman–Crippen LogP) is 4.40. The monoisotopic (exact) mass is 363 g/mol. The molecule has 0 unspecified atom stereocenters. The molecule has 2 N–H and O–H groups in total. The van der Waals surface area contributed by atoms with Gasteiger partial charge in [0.15, 0.2) is 0 Å². The van der Waals surface area contributed by atoms with E-state index in [2.05, 4.69) is 20.6 Å². The first kappa shape index (κ1) is 18.3. The minimum absolute atomic E-state index is 0.163. The van der Waals surface area contributed by atoms with Gasteiger partial charge >= 0.3 is 5.69 Å². The maximum atomic E-state index is 11.6. The fraction of sp³-hybridized carbons (Fsp3) is 0.200. The molecule has 1 aromatic heterocycles.